The van der Waals surface area contributed by atoms with Crippen LogP contribution >= 0.6 is 0 Å². The molecule has 0 spiro atoms. The van der Waals surface area contributed by atoms with Crippen LogP contribution in [-0.4, -0.2) is 29.6 Å². The van der Waals surface area contributed by atoms with Crippen LogP contribution in [0.2, 0.25) is 0 Å². The van der Waals surface area contributed by atoms with Crippen LogP contribution in [0.15, 0.2) is 0 Å². The summed E-state index contributed by atoms with van der Waals surface area (Å²) in [6.45, 7) is 3.82. The van der Waals surface area contributed by atoms with Gasteiger partial charge in [0.25, 0.3) is 0 Å². The van der Waals surface area contributed by atoms with E-state index in [-0.39, 0.29) is 77.9 Å². The summed E-state index contributed by atoms with van der Waals surface area (Å²) >= 11 is 0. The first-order valence-corrected chi connectivity index (χ1v) is 3.75. The Bertz CT molecular complexity index is 183. The van der Waals surface area contributed by atoms with Gasteiger partial charge in [-0.3, -0.25) is 7.05 Å². The second-order valence-electron chi connectivity index (χ2n) is 2.46. The number of aliphatic carboxylic acids is 1. The molecule has 7 heteroatoms. The third-order valence-corrected chi connectivity index (χ3v) is 1.55. The Hall–Kier alpha value is 0.810. The first-order valence-electron chi connectivity index (χ1n) is 3.75. The number of carbonyl (C=O) groups is 1. The van der Waals surface area contributed by atoms with Gasteiger partial charge in [-0.05, 0) is 12.5 Å². The smallest absolute Gasteiger partial charge is 0.549 e. The van der Waals surface area contributed by atoms with E-state index in [4.69, 9.17) is 9.59 Å². The Balaban J connectivity index is -0.000000108. The number of rotatable bonds is 4. The fourth-order valence-electron chi connectivity index (χ4n) is 0.580. The van der Waals surface area contributed by atoms with E-state index < -0.39 is 5.97 Å². The van der Waals surface area contributed by atoms with Gasteiger partial charge in [0.05, 0.1) is 5.97 Å². The molecule has 76 valence electrons. The van der Waals surface area contributed by atoms with E-state index in [1.54, 1.807) is 0 Å². The summed E-state index contributed by atoms with van der Waals surface area (Å²) in [5.74, 6) is -1.07. The Morgan fingerprint density at radius 2 is 1.80 bits per heavy atom. The molecule has 1 unspecified atom stereocenters. The van der Waals surface area contributed by atoms with Gasteiger partial charge in [0.1, 0.15) is 0 Å². The van der Waals surface area contributed by atoms with E-state index in [2.05, 4.69) is 7.05 Å². The molecule has 0 aliphatic carbocycles. The van der Waals surface area contributed by atoms with Crippen molar-refractivity contribution in [2.45, 2.75) is 26.3 Å². The van der Waals surface area contributed by atoms with Crippen molar-refractivity contribution in [3.8, 4) is 0 Å². The van der Waals surface area contributed by atoms with Crippen LogP contribution in [0.1, 0.15) is 20.3 Å². The molecule has 0 radical (unpaired) electrons. The average molecular weight is 233 g/mol. The molecular weight excluding hydrogens is 220 g/mol. The van der Waals surface area contributed by atoms with Crippen molar-refractivity contribution in [3.63, 3.8) is 0 Å². The van der Waals surface area contributed by atoms with Crippen LogP contribution in [-0.2, 0) is 14.4 Å². The molecule has 0 N–H and O–H groups in total. The molecule has 0 fully saturated rings. The molecule has 0 amide bonds. The summed E-state index contributed by atoms with van der Waals surface area (Å²) in [6, 6.07) is 0.206. The number of hydrogen-bond donors (Lipinski definition) is 0. The number of nitrogens with zero attached hydrogens (tertiary/aromatic N) is 1. The zero-order valence-electron chi connectivity index (χ0n) is 9.78. The fourth-order valence-corrected chi connectivity index (χ4v) is 0.580. The predicted octanol–water partition coefficient (Wildman–Crippen LogP) is -6.95. The Kier molecular flexibility index (Phi) is 28.5. The maximum absolute atomic E-state index is 10.0. The molecule has 0 saturated carbocycles. The molecule has 0 heterocycles. The van der Waals surface area contributed by atoms with E-state index in [0.29, 0.717) is 0 Å². The van der Waals surface area contributed by atoms with Crippen LogP contribution in [0.25, 0.3) is 0 Å². The fraction of sp³-hybridized carbons (Fsp3) is 0.625. The molecule has 0 aliphatic heterocycles. The Morgan fingerprint density at radius 1 is 1.47 bits per heavy atom. The topological polar surface area (TPSA) is 77.5 Å². The molecular formula is C8H13NNa2O4. The van der Waals surface area contributed by atoms with Crippen molar-refractivity contribution < 1.29 is 78.6 Å². The van der Waals surface area contributed by atoms with Gasteiger partial charge in [-0.1, -0.05) is 13.8 Å². The minimum atomic E-state index is -1.07. The Labute approximate surface area is 134 Å². The summed E-state index contributed by atoms with van der Waals surface area (Å²) in [4.78, 5) is 27.8. The summed E-state index contributed by atoms with van der Waals surface area (Å²) < 4.78 is 0. The maximum atomic E-state index is 10.0. The van der Waals surface area contributed by atoms with Crippen LogP contribution in [0.5, 0.6) is 0 Å². The van der Waals surface area contributed by atoms with Crippen molar-refractivity contribution in [2.75, 3.05) is 6.54 Å². The number of carboxylic acids is 1. The van der Waals surface area contributed by atoms with Gasteiger partial charge in [-0.2, -0.15) is 9.59 Å². The Morgan fingerprint density at radius 3 is 2.00 bits per heavy atom. The molecule has 15 heavy (non-hydrogen) atoms. The average Bonchev–Trinajstić information content (AvgIpc) is 2.03. The van der Waals surface area contributed by atoms with Crippen LogP contribution in [0, 0.1) is 7.05 Å². The molecule has 5 nitrogen and oxygen atoms in total. The minimum absolute atomic E-state index is 0. The van der Waals surface area contributed by atoms with E-state index in [1.807, 2.05) is 13.8 Å². The summed E-state index contributed by atoms with van der Waals surface area (Å²) in [5, 5.41) is 10.0. The van der Waals surface area contributed by atoms with Gasteiger partial charge in [0.2, 0.25) is 0 Å². The SMILES string of the molecule is O=C=O.[CH2-]N(CC(=O)[O-])C(C)CC.[Na+].[Na+]. The number of carbonyl (C=O) groups excluding carboxylic acids is 3. The normalized spacial score (nSPS) is 9.60. The number of carboxylic acid groups (broad SMARTS) is 1. The zero-order valence-corrected chi connectivity index (χ0v) is 13.8. The quantitative estimate of drug-likeness (QED) is 0.356. The third-order valence-electron chi connectivity index (χ3n) is 1.55. The van der Waals surface area contributed by atoms with Crippen molar-refractivity contribution in [1.82, 2.24) is 4.90 Å². The summed E-state index contributed by atoms with van der Waals surface area (Å²) in [7, 11) is 3.56. The summed E-state index contributed by atoms with van der Waals surface area (Å²) in [6.07, 6.45) is 1.15. The van der Waals surface area contributed by atoms with Gasteiger partial charge in [0.15, 0.2) is 0 Å². The van der Waals surface area contributed by atoms with E-state index in [1.165, 1.54) is 4.90 Å². The third kappa shape index (κ3) is 20.8. The minimum Gasteiger partial charge on any atom is -0.549 e. The van der Waals surface area contributed by atoms with Crippen LogP contribution in [0.3, 0.4) is 0 Å². The molecule has 0 aliphatic rings. The molecule has 0 aromatic heterocycles. The van der Waals surface area contributed by atoms with Crippen molar-refractivity contribution in [3.05, 3.63) is 7.05 Å². The van der Waals surface area contributed by atoms with E-state index >= 15 is 0 Å². The maximum Gasteiger partial charge on any atom is 1.00 e. The monoisotopic (exact) mass is 233 g/mol. The van der Waals surface area contributed by atoms with Crippen LogP contribution in [0.4, 0.5) is 0 Å². The first-order chi connectivity index (χ1) is 5.99. The first kappa shape index (κ1) is 24.9. The van der Waals surface area contributed by atoms with Gasteiger partial charge >= 0.3 is 65.3 Å². The summed E-state index contributed by atoms with van der Waals surface area (Å²) in [5.41, 5.74) is 0. The van der Waals surface area contributed by atoms with Gasteiger partial charge in [0, 0.05) is 6.54 Å². The molecule has 0 aromatic rings. The molecule has 1 atom stereocenters. The van der Waals surface area contributed by atoms with Gasteiger partial charge < -0.3 is 14.8 Å². The molecule has 0 saturated heterocycles. The van der Waals surface area contributed by atoms with E-state index in [9.17, 15) is 9.90 Å². The second-order valence-corrected chi connectivity index (χ2v) is 2.46. The van der Waals surface area contributed by atoms with Gasteiger partial charge in [-0.25, -0.2) is 0 Å². The second kappa shape index (κ2) is 17.2. The number of hydrogen-bond acceptors (Lipinski definition) is 5. The predicted molar refractivity (Wildman–Crippen MR) is 41.8 cm³/mol. The van der Waals surface area contributed by atoms with Crippen molar-refractivity contribution in [1.29, 1.82) is 0 Å². The van der Waals surface area contributed by atoms with Crippen LogP contribution < -0.4 is 64.2 Å². The standard InChI is InChI=1S/C7H14NO2.CO2.2Na/c1-4-6(2)8(3)5-7(9)10;2-1-3;;/h6H,3-5H2,1-2H3,(H,9,10);;;/q-1;;2*+1/p-1. The molecule has 0 aromatic carbocycles. The van der Waals surface area contributed by atoms with E-state index in [0.717, 1.165) is 6.42 Å². The van der Waals surface area contributed by atoms with Crippen molar-refractivity contribution >= 4 is 12.1 Å². The largest absolute Gasteiger partial charge is 1.00 e. The molecule has 0 rings (SSSR count). The van der Waals surface area contributed by atoms with Gasteiger partial charge in [-0.15, -0.1) is 0 Å². The molecule has 0 bridgehead atoms. The zero-order chi connectivity index (χ0) is 10.9. The van der Waals surface area contributed by atoms with Crippen molar-refractivity contribution in [2.24, 2.45) is 0 Å².